The Morgan fingerprint density at radius 2 is 1.89 bits per heavy atom. The van der Waals surface area contributed by atoms with Crippen molar-refractivity contribution in [2.45, 2.75) is 18.7 Å². The minimum absolute atomic E-state index is 0.0948. The second-order valence-electron chi connectivity index (χ2n) is 4.32. The van der Waals surface area contributed by atoms with Crippen LogP contribution in [-0.2, 0) is 10.0 Å². The fourth-order valence-electron chi connectivity index (χ4n) is 1.76. The van der Waals surface area contributed by atoms with Gasteiger partial charge in [0.15, 0.2) is 0 Å². The summed E-state index contributed by atoms with van der Waals surface area (Å²) in [5.74, 6) is 0.272. The van der Waals surface area contributed by atoms with Crippen LogP contribution < -0.4 is 10.5 Å². The van der Waals surface area contributed by atoms with Gasteiger partial charge in [-0.1, -0.05) is 18.2 Å². The second kappa shape index (κ2) is 4.89. The molecule has 0 aliphatic rings. The van der Waals surface area contributed by atoms with E-state index in [-0.39, 0.29) is 16.4 Å². The van der Waals surface area contributed by atoms with E-state index in [1.54, 1.807) is 43.5 Å². The molecule has 6 heteroatoms. The zero-order chi connectivity index (χ0) is 14.0. The molecule has 1 aromatic heterocycles. The third kappa shape index (κ3) is 2.85. The Morgan fingerprint density at radius 1 is 1.16 bits per heavy atom. The number of nitrogens with one attached hydrogen (secondary N) is 1. The number of sulfonamides is 1. The highest BCUT2D eigenvalue weighted by Crippen LogP contribution is 2.24. The van der Waals surface area contributed by atoms with Crippen LogP contribution in [0.3, 0.4) is 0 Å². The molecule has 0 saturated carbocycles. The number of benzene rings is 1. The van der Waals surface area contributed by atoms with E-state index >= 15 is 0 Å². The van der Waals surface area contributed by atoms with Crippen LogP contribution in [0, 0.1) is 13.8 Å². The number of pyridine rings is 1. The standard InChI is InChI=1S/C13H15N3O2S/c1-9-6-7-12(15-8-9)16-19(17,18)13-10(2)4-3-5-11(13)14/h3-8H,14H2,1-2H3,(H,15,16). The number of nitrogens with zero attached hydrogens (tertiary/aromatic N) is 1. The monoisotopic (exact) mass is 277 g/mol. The summed E-state index contributed by atoms with van der Waals surface area (Å²) >= 11 is 0. The summed E-state index contributed by atoms with van der Waals surface area (Å²) < 4.78 is 27.0. The minimum atomic E-state index is -3.73. The predicted molar refractivity (Wildman–Crippen MR) is 75.4 cm³/mol. The van der Waals surface area contributed by atoms with Crippen LogP contribution in [0.2, 0.25) is 0 Å². The molecule has 19 heavy (non-hydrogen) atoms. The Balaban J connectivity index is 2.41. The van der Waals surface area contributed by atoms with E-state index < -0.39 is 10.0 Å². The molecule has 0 unspecified atom stereocenters. The summed E-state index contributed by atoms with van der Waals surface area (Å²) in [6, 6.07) is 8.37. The number of aryl methyl sites for hydroxylation is 2. The molecule has 1 heterocycles. The van der Waals surface area contributed by atoms with Gasteiger partial charge in [-0.05, 0) is 37.1 Å². The zero-order valence-corrected chi connectivity index (χ0v) is 11.5. The molecule has 0 amide bonds. The zero-order valence-electron chi connectivity index (χ0n) is 10.7. The van der Waals surface area contributed by atoms with Crippen molar-refractivity contribution in [2.75, 3.05) is 10.5 Å². The molecule has 0 saturated heterocycles. The van der Waals surface area contributed by atoms with Gasteiger partial charge < -0.3 is 5.73 Å². The maximum absolute atomic E-state index is 12.3. The molecule has 2 rings (SSSR count). The van der Waals surface area contributed by atoms with Gasteiger partial charge in [0, 0.05) is 6.20 Å². The first kappa shape index (κ1) is 13.4. The number of hydrogen-bond acceptors (Lipinski definition) is 4. The smallest absolute Gasteiger partial charge is 0.265 e. The summed E-state index contributed by atoms with van der Waals surface area (Å²) in [4.78, 5) is 4.11. The van der Waals surface area contributed by atoms with Gasteiger partial charge >= 0.3 is 0 Å². The fourth-order valence-corrected chi connectivity index (χ4v) is 3.13. The summed E-state index contributed by atoms with van der Waals surface area (Å²) in [5, 5.41) is 0. The highest BCUT2D eigenvalue weighted by molar-refractivity contribution is 7.93. The van der Waals surface area contributed by atoms with E-state index in [1.165, 1.54) is 0 Å². The summed E-state index contributed by atoms with van der Waals surface area (Å²) in [7, 11) is -3.73. The lowest BCUT2D eigenvalue weighted by molar-refractivity contribution is 0.601. The lowest BCUT2D eigenvalue weighted by Crippen LogP contribution is -2.16. The topological polar surface area (TPSA) is 85.1 Å². The van der Waals surface area contributed by atoms with Gasteiger partial charge in [-0.25, -0.2) is 13.4 Å². The van der Waals surface area contributed by atoms with Gasteiger partial charge in [0.05, 0.1) is 5.69 Å². The molecule has 0 atom stereocenters. The van der Waals surface area contributed by atoms with Gasteiger partial charge in [-0.15, -0.1) is 0 Å². The molecule has 3 N–H and O–H groups in total. The van der Waals surface area contributed by atoms with Gasteiger partial charge in [0.2, 0.25) is 0 Å². The van der Waals surface area contributed by atoms with Gasteiger partial charge in [0.25, 0.3) is 10.0 Å². The third-order valence-electron chi connectivity index (χ3n) is 2.66. The Kier molecular flexibility index (Phi) is 3.44. The predicted octanol–water partition coefficient (Wildman–Crippen LogP) is 2.08. The fraction of sp³-hybridized carbons (Fsp3) is 0.154. The quantitative estimate of drug-likeness (QED) is 0.841. The van der Waals surface area contributed by atoms with Crippen LogP contribution in [0.5, 0.6) is 0 Å². The largest absolute Gasteiger partial charge is 0.398 e. The first-order chi connectivity index (χ1) is 8.90. The van der Waals surface area contributed by atoms with Gasteiger partial charge in [-0.3, -0.25) is 4.72 Å². The van der Waals surface area contributed by atoms with Crippen molar-refractivity contribution in [3.05, 3.63) is 47.7 Å². The van der Waals surface area contributed by atoms with Crippen LogP contribution in [0.25, 0.3) is 0 Å². The normalized spacial score (nSPS) is 11.3. The van der Waals surface area contributed by atoms with Crippen LogP contribution in [0.1, 0.15) is 11.1 Å². The summed E-state index contributed by atoms with van der Waals surface area (Å²) in [6.45, 7) is 3.58. The molecule has 0 fully saturated rings. The molecular weight excluding hydrogens is 262 g/mol. The lowest BCUT2D eigenvalue weighted by atomic mass is 10.2. The first-order valence-electron chi connectivity index (χ1n) is 5.71. The van der Waals surface area contributed by atoms with Crippen LogP contribution in [0.4, 0.5) is 11.5 Å². The molecule has 0 radical (unpaired) electrons. The Labute approximate surface area is 112 Å². The molecule has 0 spiro atoms. The van der Waals surface area contributed by atoms with Gasteiger partial charge in [0.1, 0.15) is 10.7 Å². The molecule has 0 aliphatic carbocycles. The number of hydrogen-bond donors (Lipinski definition) is 2. The lowest BCUT2D eigenvalue weighted by Gasteiger charge is -2.11. The van der Waals surface area contributed by atoms with E-state index in [4.69, 9.17) is 5.73 Å². The second-order valence-corrected chi connectivity index (χ2v) is 5.94. The Hall–Kier alpha value is -2.08. The van der Waals surface area contributed by atoms with Crippen molar-refractivity contribution in [1.82, 2.24) is 4.98 Å². The van der Waals surface area contributed by atoms with E-state index in [9.17, 15) is 8.42 Å². The third-order valence-corrected chi connectivity index (χ3v) is 4.23. The molecule has 2 aromatic rings. The van der Waals surface area contributed by atoms with Gasteiger partial charge in [-0.2, -0.15) is 0 Å². The Bertz CT molecular complexity index is 674. The Morgan fingerprint density at radius 3 is 2.47 bits per heavy atom. The molecule has 0 aliphatic heterocycles. The molecular formula is C13H15N3O2S. The number of rotatable bonds is 3. The van der Waals surface area contributed by atoms with Crippen molar-refractivity contribution in [1.29, 1.82) is 0 Å². The molecule has 0 bridgehead atoms. The number of nitrogens with two attached hydrogens (primary N) is 1. The summed E-state index contributed by atoms with van der Waals surface area (Å²) in [5.41, 5.74) is 7.52. The van der Waals surface area contributed by atoms with E-state index in [2.05, 4.69) is 9.71 Å². The first-order valence-corrected chi connectivity index (χ1v) is 7.19. The average Bonchev–Trinajstić information content (AvgIpc) is 2.31. The number of aromatic nitrogens is 1. The molecule has 1 aromatic carbocycles. The summed E-state index contributed by atoms with van der Waals surface area (Å²) in [6.07, 6.45) is 1.60. The highest BCUT2D eigenvalue weighted by Gasteiger charge is 2.20. The van der Waals surface area contributed by atoms with E-state index in [0.717, 1.165) is 5.56 Å². The highest BCUT2D eigenvalue weighted by atomic mass is 32.2. The maximum atomic E-state index is 12.3. The van der Waals surface area contributed by atoms with Crippen molar-refractivity contribution in [2.24, 2.45) is 0 Å². The number of nitrogen functional groups attached to an aromatic ring is 1. The minimum Gasteiger partial charge on any atom is -0.398 e. The maximum Gasteiger partial charge on any atom is 0.265 e. The van der Waals surface area contributed by atoms with Crippen LogP contribution in [0.15, 0.2) is 41.4 Å². The van der Waals surface area contributed by atoms with Crippen molar-refractivity contribution >= 4 is 21.5 Å². The van der Waals surface area contributed by atoms with Crippen molar-refractivity contribution in [3.8, 4) is 0 Å². The van der Waals surface area contributed by atoms with Crippen LogP contribution >= 0.6 is 0 Å². The van der Waals surface area contributed by atoms with E-state index in [1.807, 2.05) is 6.92 Å². The van der Waals surface area contributed by atoms with E-state index in [0.29, 0.717) is 5.56 Å². The molecule has 100 valence electrons. The molecule has 5 nitrogen and oxygen atoms in total. The average molecular weight is 277 g/mol. The van der Waals surface area contributed by atoms with Crippen molar-refractivity contribution < 1.29 is 8.42 Å². The van der Waals surface area contributed by atoms with Crippen LogP contribution in [-0.4, -0.2) is 13.4 Å². The SMILES string of the molecule is Cc1ccc(NS(=O)(=O)c2c(C)cccc2N)nc1. The van der Waals surface area contributed by atoms with Crippen molar-refractivity contribution in [3.63, 3.8) is 0 Å². The number of anilines is 2.